The Kier molecular flexibility index (Phi) is 5.36. The standard InChI is InChI=1S/C14H29N3S/c1-14(2,3)13-12-17(5-4-15-13)7-6-16-8-10-18-11-9-16/h13,15H,4-12H2,1-3H3. The quantitative estimate of drug-likeness (QED) is 0.835. The van der Waals surface area contributed by atoms with Gasteiger partial charge in [-0.2, -0.15) is 11.8 Å². The summed E-state index contributed by atoms with van der Waals surface area (Å²) >= 11 is 2.10. The van der Waals surface area contributed by atoms with Crippen LogP contribution in [-0.2, 0) is 0 Å². The molecule has 0 aromatic carbocycles. The van der Waals surface area contributed by atoms with E-state index >= 15 is 0 Å². The molecule has 2 aliphatic rings. The van der Waals surface area contributed by atoms with Gasteiger partial charge in [-0.1, -0.05) is 20.8 Å². The van der Waals surface area contributed by atoms with Gasteiger partial charge in [-0.05, 0) is 5.41 Å². The molecule has 1 unspecified atom stereocenters. The first-order valence-electron chi connectivity index (χ1n) is 7.31. The summed E-state index contributed by atoms with van der Waals surface area (Å²) in [6.45, 7) is 15.7. The van der Waals surface area contributed by atoms with E-state index in [2.05, 4.69) is 47.6 Å². The summed E-state index contributed by atoms with van der Waals surface area (Å²) in [6, 6.07) is 0.642. The zero-order valence-corrected chi connectivity index (χ0v) is 13.1. The second kappa shape index (κ2) is 6.60. The molecule has 1 N–H and O–H groups in total. The van der Waals surface area contributed by atoms with E-state index in [1.807, 2.05) is 0 Å². The molecule has 0 aromatic rings. The van der Waals surface area contributed by atoms with Gasteiger partial charge in [-0.25, -0.2) is 0 Å². The Bertz CT molecular complexity index is 246. The largest absolute Gasteiger partial charge is 0.311 e. The summed E-state index contributed by atoms with van der Waals surface area (Å²) in [7, 11) is 0. The van der Waals surface area contributed by atoms with Crippen molar-refractivity contribution in [1.82, 2.24) is 15.1 Å². The highest BCUT2D eigenvalue weighted by molar-refractivity contribution is 7.99. The Morgan fingerprint density at radius 2 is 1.72 bits per heavy atom. The minimum Gasteiger partial charge on any atom is -0.311 e. The first-order valence-corrected chi connectivity index (χ1v) is 8.47. The van der Waals surface area contributed by atoms with Gasteiger partial charge in [-0.3, -0.25) is 4.90 Å². The molecule has 0 saturated carbocycles. The fourth-order valence-electron chi connectivity index (χ4n) is 2.70. The van der Waals surface area contributed by atoms with E-state index < -0.39 is 0 Å². The lowest BCUT2D eigenvalue weighted by Gasteiger charge is -2.41. The lowest BCUT2D eigenvalue weighted by Crippen LogP contribution is -2.56. The third-order valence-corrected chi connectivity index (χ3v) is 5.08. The van der Waals surface area contributed by atoms with Crippen molar-refractivity contribution in [2.45, 2.75) is 26.8 Å². The Hall–Kier alpha value is 0.230. The van der Waals surface area contributed by atoms with Gasteiger partial charge in [0.05, 0.1) is 0 Å². The van der Waals surface area contributed by atoms with Crippen molar-refractivity contribution in [2.75, 3.05) is 57.3 Å². The van der Waals surface area contributed by atoms with Crippen LogP contribution < -0.4 is 5.32 Å². The molecule has 2 saturated heterocycles. The van der Waals surface area contributed by atoms with Crippen LogP contribution in [0.2, 0.25) is 0 Å². The molecule has 2 heterocycles. The summed E-state index contributed by atoms with van der Waals surface area (Å²) < 4.78 is 0. The highest BCUT2D eigenvalue weighted by Crippen LogP contribution is 2.21. The van der Waals surface area contributed by atoms with Crippen LogP contribution >= 0.6 is 11.8 Å². The lowest BCUT2D eigenvalue weighted by molar-refractivity contribution is 0.122. The van der Waals surface area contributed by atoms with Gasteiger partial charge in [0.1, 0.15) is 0 Å². The predicted molar refractivity (Wildman–Crippen MR) is 81.5 cm³/mol. The number of thioether (sulfide) groups is 1. The van der Waals surface area contributed by atoms with Gasteiger partial charge in [0.15, 0.2) is 0 Å². The van der Waals surface area contributed by atoms with Crippen LogP contribution in [0.3, 0.4) is 0 Å². The lowest BCUT2D eigenvalue weighted by atomic mass is 9.85. The van der Waals surface area contributed by atoms with Crippen molar-refractivity contribution in [2.24, 2.45) is 5.41 Å². The average molecular weight is 271 g/mol. The smallest absolute Gasteiger partial charge is 0.0244 e. The fourth-order valence-corrected chi connectivity index (χ4v) is 3.68. The summed E-state index contributed by atoms with van der Waals surface area (Å²) in [5.74, 6) is 2.65. The highest BCUT2D eigenvalue weighted by atomic mass is 32.2. The van der Waals surface area contributed by atoms with Crippen molar-refractivity contribution in [3.8, 4) is 0 Å². The van der Waals surface area contributed by atoms with Crippen molar-refractivity contribution >= 4 is 11.8 Å². The SMILES string of the molecule is CC(C)(C)C1CN(CCN2CCSCC2)CCN1. The van der Waals surface area contributed by atoms with Crippen molar-refractivity contribution in [3.05, 3.63) is 0 Å². The van der Waals surface area contributed by atoms with Crippen LogP contribution in [0.15, 0.2) is 0 Å². The molecule has 2 fully saturated rings. The number of hydrogen-bond acceptors (Lipinski definition) is 4. The summed E-state index contributed by atoms with van der Waals surface area (Å²) in [5, 5.41) is 3.67. The summed E-state index contributed by atoms with van der Waals surface area (Å²) in [6.07, 6.45) is 0. The number of nitrogens with one attached hydrogen (secondary N) is 1. The molecular weight excluding hydrogens is 242 g/mol. The molecule has 0 aliphatic carbocycles. The Balaban J connectivity index is 1.72. The van der Waals surface area contributed by atoms with E-state index in [0.717, 1.165) is 6.54 Å². The molecule has 2 rings (SSSR count). The van der Waals surface area contributed by atoms with Gasteiger partial charge >= 0.3 is 0 Å². The topological polar surface area (TPSA) is 18.5 Å². The van der Waals surface area contributed by atoms with Crippen molar-refractivity contribution in [3.63, 3.8) is 0 Å². The molecule has 0 spiro atoms. The predicted octanol–water partition coefficient (Wildman–Crippen LogP) is 1.36. The molecule has 3 nitrogen and oxygen atoms in total. The molecule has 0 amide bonds. The maximum atomic E-state index is 3.67. The second-order valence-corrected chi connectivity index (χ2v) is 7.85. The first-order chi connectivity index (χ1) is 8.55. The maximum Gasteiger partial charge on any atom is 0.0244 e. The normalized spacial score (nSPS) is 28.5. The van der Waals surface area contributed by atoms with E-state index in [4.69, 9.17) is 0 Å². The molecule has 0 aromatic heterocycles. The van der Waals surface area contributed by atoms with E-state index in [-0.39, 0.29) is 0 Å². The first kappa shape index (κ1) is 14.6. The molecule has 18 heavy (non-hydrogen) atoms. The molecule has 1 atom stereocenters. The minimum atomic E-state index is 0.375. The van der Waals surface area contributed by atoms with Gasteiger partial charge < -0.3 is 10.2 Å². The van der Waals surface area contributed by atoms with E-state index in [1.54, 1.807) is 0 Å². The van der Waals surface area contributed by atoms with Gasteiger partial charge in [-0.15, -0.1) is 0 Å². The second-order valence-electron chi connectivity index (χ2n) is 6.63. The number of nitrogens with zero attached hydrogens (tertiary/aromatic N) is 2. The molecule has 2 aliphatic heterocycles. The fraction of sp³-hybridized carbons (Fsp3) is 1.00. The zero-order valence-electron chi connectivity index (χ0n) is 12.2. The van der Waals surface area contributed by atoms with Crippen LogP contribution in [0.5, 0.6) is 0 Å². The van der Waals surface area contributed by atoms with E-state index in [9.17, 15) is 0 Å². The molecule has 0 bridgehead atoms. The number of hydrogen-bond donors (Lipinski definition) is 1. The van der Waals surface area contributed by atoms with E-state index in [1.165, 1.54) is 50.8 Å². The molecule has 4 heteroatoms. The summed E-state index contributed by atoms with van der Waals surface area (Å²) in [5.41, 5.74) is 0.375. The number of piperazine rings is 1. The molecular formula is C14H29N3S. The Morgan fingerprint density at radius 1 is 1.06 bits per heavy atom. The molecule has 106 valence electrons. The van der Waals surface area contributed by atoms with Gasteiger partial charge in [0.25, 0.3) is 0 Å². The van der Waals surface area contributed by atoms with Crippen LogP contribution in [0.4, 0.5) is 0 Å². The highest BCUT2D eigenvalue weighted by Gasteiger charge is 2.29. The Morgan fingerprint density at radius 3 is 2.39 bits per heavy atom. The van der Waals surface area contributed by atoms with Gasteiger partial charge in [0, 0.05) is 63.4 Å². The van der Waals surface area contributed by atoms with Crippen LogP contribution in [0.1, 0.15) is 20.8 Å². The average Bonchev–Trinajstić information content (AvgIpc) is 2.37. The van der Waals surface area contributed by atoms with Crippen LogP contribution in [0.25, 0.3) is 0 Å². The van der Waals surface area contributed by atoms with Crippen molar-refractivity contribution in [1.29, 1.82) is 0 Å². The Labute approximate surface area is 117 Å². The van der Waals surface area contributed by atoms with Crippen LogP contribution in [-0.4, -0.2) is 73.2 Å². The van der Waals surface area contributed by atoms with E-state index in [0.29, 0.717) is 11.5 Å². The minimum absolute atomic E-state index is 0.375. The van der Waals surface area contributed by atoms with Crippen molar-refractivity contribution < 1.29 is 0 Å². The summed E-state index contributed by atoms with van der Waals surface area (Å²) in [4.78, 5) is 5.28. The van der Waals surface area contributed by atoms with Gasteiger partial charge in [0.2, 0.25) is 0 Å². The molecule has 0 radical (unpaired) electrons. The van der Waals surface area contributed by atoms with Crippen LogP contribution in [0, 0.1) is 5.41 Å². The monoisotopic (exact) mass is 271 g/mol. The number of rotatable bonds is 3. The third kappa shape index (κ3) is 4.41. The third-order valence-electron chi connectivity index (χ3n) is 4.14. The zero-order chi connectivity index (χ0) is 13.0. The maximum absolute atomic E-state index is 3.67.